The lowest BCUT2D eigenvalue weighted by atomic mass is 10.1. The van der Waals surface area contributed by atoms with Crippen LogP contribution in [0.2, 0.25) is 0 Å². The Bertz CT molecular complexity index is 250. The van der Waals surface area contributed by atoms with Crippen molar-refractivity contribution < 1.29 is 10.4 Å². The predicted molar refractivity (Wildman–Crippen MR) is 81.4 cm³/mol. The Kier molecular flexibility index (Phi) is 12.6. The lowest BCUT2D eigenvalue weighted by Gasteiger charge is -1.99. The number of nitrogens with one attached hydrogen (secondary N) is 1. The third kappa shape index (κ3) is 14.8. The fourth-order valence-corrected chi connectivity index (χ4v) is 1.96. The number of amidine groups is 2. The van der Waals surface area contributed by atoms with E-state index in [1.54, 1.807) is 0 Å². The molecule has 112 valence electrons. The molecule has 0 rings (SSSR count). The average Bonchev–Trinajstić information content (AvgIpc) is 2.37. The molecule has 0 aromatic heterocycles. The minimum atomic E-state index is 0.544. The molecule has 0 radical (unpaired) electrons. The average molecular weight is 271 g/mol. The van der Waals surface area contributed by atoms with E-state index in [9.17, 15) is 0 Å². The second-order valence-corrected chi connectivity index (χ2v) is 5.14. The molecular weight excluding hydrogens is 238 g/mol. The molecule has 9 N–H and O–H groups in total. The number of unbranched alkanes of at least 4 members (excludes halogenated alkanes) is 6. The zero-order valence-electron chi connectivity index (χ0n) is 12.3. The van der Waals surface area contributed by atoms with Gasteiger partial charge in [-0.05, 0) is 38.6 Å². The molecule has 0 aliphatic carbocycles. The Morgan fingerprint density at radius 1 is 0.789 bits per heavy atom. The zero-order chi connectivity index (χ0) is 14.3. The summed E-state index contributed by atoms with van der Waals surface area (Å²) in [5.74, 6) is 1.46. The van der Waals surface area contributed by atoms with Crippen LogP contribution in [0.3, 0.4) is 0 Å². The highest BCUT2D eigenvalue weighted by molar-refractivity contribution is 5.74. The number of nitrogens with two attached hydrogens (primary N) is 4. The van der Waals surface area contributed by atoms with Gasteiger partial charge in [-0.25, -0.2) is 0 Å². The Morgan fingerprint density at radius 3 is 2.00 bits per heavy atom. The predicted octanol–water partition coefficient (Wildman–Crippen LogP) is -1.60. The summed E-state index contributed by atoms with van der Waals surface area (Å²) in [5.41, 5.74) is 16.8. The summed E-state index contributed by atoms with van der Waals surface area (Å²) in [5, 5.41) is 5.41. The van der Waals surface area contributed by atoms with Crippen molar-refractivity contribution in [1.29, 1.82) is 0 Å². The topological polar surface area (TPSA) is 118 Å². The van der Waals surface area contributed by atoms with Crippen LogP contribution in [0.5, 0.6) is 0 Å². The maximum atomic E-state index is 5.92. The lowest BCUT2D eigenvalue weighted by molar-refractivity contribution is -0.460. The summed E-state index contributed by atoms with van der Waals surface area (Å²) < 4.78 is 0. The van der Waals surface area contributed by atoms with Gasteiger partial charge in [-0.2, -0.15) is 0 Å². The second-order valence-electron chi connectivity index (χ2n) is 5.14. The van der Waals surface area contributed by atoms with Crippen molar-refractivity contribution >= 4 is 11.7 Å². The molecule has 0 saturated heterocycles. The molecule has 0 aromatic rings. The van der Waals surface area contributed by atoms with E-state index >= 15 is 0 Å². The van der Waals surface area contributed by atoms with E-state index in [0.29, 0.717) is 5.84 Å². The quantitative estimate of drug-likeness (QED) is 0.158. The Labute approximate surface area is 117 Å². The van der Waals surface area contributed by atoms with Crippen molar-refractivity contribution in [1.82, 2.24) is 0 Å². The standard InChI is InChI=1S/C14H31N5/c15-11-7-3-4-8-12-19-14(18)10-6-2-1-5-9-13(16)17/h1-12,15H2,(H3,16,17)(H2,18,19)/p+2. The van der Waals surface area contributed by atoms with Crippen LogP contribution in [-0.4, -0.2) is 24.8 Å². The van der Waals surface area contributed by atoms with Gasteiger partial charge in [-0.3, -0.25) is 21.9 Å². The van der Waals surface area contributed by atoms with Crippen molar-refractivity contribution in [2.75, 3.05) is 13.1 Å². The summed E-state index contributed by atoms with van der Waals surface area (Å²) in [4.78, 5) is 3.29. The monoisotopic (exact) mass is 271 g/mol. The second kappa shape index (κ2) is 13.3. The Balaban J connectivity index is 3.32. The molecule has 0 aliphatic heterocycles. The van der Waals surface area contributed by atoms with Crippen molar-refractivity contribution in [2.24, 2.45) is 17.2 Å². The van der Waals surface area contributed by atoms with Gasteiger partial charge < -0.3 is 5.73 Å². The smallest absolute Gasteiger partial charge is 0.240 e. The molecule has 0 heterocycles. The molecule has 0 saturated carbocycles. The van der Waals surface area contributed by atoms with Crippen LogP contribution in [0.15, 0.2) is 0 Å². The number of hydrogen-bond donors (Lipinski definition) is 5. The lowest BCUT2D eigenvalue weighted by Crippen LogP contribution is -2.75. The van der Waals surface area contributed by atoms with E-state index < -0.39 is 0 Å². The Hall–Kier alpha value is -1.10. The molecule has 19 heavy (non-hydrogen) atoms. The van der Waals surface area contributed by atoms with E-state index in [-0.39, 0.29) is 0 Å². The van der Waals surface area contributed by atoms with Crippen LogP contribution in [0, 0.1) is 0 Å². The minimum Gasteiger partial charge on any atom is -0.330 e. The highest BCUT2D eigenvalue weighted by Gasteiger charge is 2.00. The van der Waals surface area contributed by atoms with Crippen molar-refractivity contribution in [3.63, 3.8) is 0 Å². The molecule has 5 heteroatoms. The minimum absolute atomic E-state index is 0.544. The largest absolute Gasteiger partial charge is 0.330 e. The van der Waals surface area contributed by atoms with Gasteiger partial charge in [0.1, 0.15) is 0 Å². The van der Waals surface area contributed by atoms with Crippen LogP contribution in [0.25, 0.3) is 0 Å². The van der Waals surface area contributed by atoms with Crippen LogP contribution in [-0.2, 0) is 0 Å². The molecular formula is C14H33N5+2. The van der Waals surface area contributed by atoms with Crippen LogP contribution in [0.1, 0.15) is 64.2 Å². The van der Waals surface area contributed by atoms with Crippen molar-refractivity contribution in [2.45, 2.75) is 64.2 Å². The first kappa shape index (κ1) is 17.9. The van der Waals surface area contributed by atoms with Crippen LogP contribution in [0.4, 0.5) is 0 Å². The fraction of sp³-hybridized carbons (Fsp3) is 0.857. The fourth-order valence-electron chi connectivity index (χ4n) is 1.96. The highest BCUT2D eigenvalue weighted by Crippen LogP contribution is 2.03. The van der Waals surface area contributed by atoms with Gasteiger partial charge in [0.05, 0.1) is 6.54 Å². The van der Waals surface area contributed by atoms with Crippen molar-refractivity contribution in [3.8, 4) is 0 Å². The van der Waals surface area contributed by atoms with Gasteiger partial charge in [0.15, 0.2) is 0 Å². The van der Waals surface area contributed by atoms with E-state index in [1.807, 2.05) is 0 Å². The summed E-state index contributed by atoms with van der Waals surface area (Å²) in [6.07, 6.45) is 11.1. The molecule has 5 nitrogen and oxygen atoms in total. The van der Waals surface area contributed by atoms with Crippen LogP contribution < -0.4 is 27.6 Å². The van der Waals surface area contributed by atoms with Gasteiger partial charge in [0.25, 0.3) is 0 Å². The van der Waals surface area contributed by atoms with E-state index in [4.69, 9.17) is 22.6 Å². The summed E-state index contributed by atoms with van der Waals surface area (Å²) in [6, 6.07) is 0. The van der Waals surface area contributed by atoms with Gasteiger partial charge in [0.2, 0.25) is 11.7 Å². The van der Waals surface area contributed by atoms with Crippen LogP contribution >= 0.6 is 0 Å². The number of rotatable bonds is 13. The summed E-state index contributed by atoms with van der Waals surface area (Å²) >= 11 is 0. The molecule has 0 atom stereocenters. The Morgan fingerprint density at radius 2 is 1.37 bits per heavy atom. The molecule has 0 aromatic carbocycles. The first-order chi connectivity index (χ1) is 9.16. The molecule has 0 bridgehead atoms. The summed E-state index contributed by atoms with van der Waals surface area (Å²) in [7, 11) is 0. The highest BCUT2D eigenvalue weighted by atomic mass is 14.8. The number of hydrogen-bond acceptors (Lipinski definition) is 1. The summed E-state index contributed by atoms with van der Waals surface area (Å²) in [6.45, 7) is 1.78. The molecule has 0 amide bonds. The maximum Gasteiger partial charge on any atom is 0.240 e. The normalized spacial score (nSPS) is 11.7. The third-order valence-corrected chi connectivity index (χ3v) is 3.14. The van der Waals surface area contributed by atoms with E-state index in [1.165, 1.54) is 32.1 Å². The van der Waals surface area contributed by atoms with Crippen molar-refractivity contribution in [3.05, 3.63) is 0 Å². The third-order valence-electron chi connectivity index (χ3n) is 3.14. The first-order valence-electron chi connectivity index (χ1n) is 7.58. The molecule has 0 aliphatic rings. The van der Waals surface area contributed by atoms with E-state index in [2.05, 4.69) is 4.99 Å². The first-order valence-corrected chi connectivity index (χ1v) is 7.58. The SMILES string of the molecule is NCCCCCC[NH+]=C(N)CCCCCCC(N)=[NH2+]. The van der Waals surface area contributed by atoms with E-state index in [0.717, 1.165) is 51.0 Å². The maximum absolute atomic E-state index is 5.92. The molecule has 0 spiro atoms. The van der Waals surface area contributed by atoms with Gasteiger partial charge in [-0.15, -0.1) is 0 Å². The van der Waals surface area contributed by atoms with Gasteiger partial charge in [0, 0.05) is 12.8 Å². The van der Waals surface area contributed by atoms with Gasteiger partial charge in [-0.1, -0.05) is 19.3 Å². The molecule has 0 fully saturated rings. The molecule has 0 unspecified atom stereocenters. The van der Waals surface area contributed by atoms with Gasteiger partial charge >= 0.3 is 0 Å². The zero-order valence-corrected chi connectivity index (χ0v) is 12.3.